The van der Waals surface area contributed by atoms with Gasteiger partial charge in [-0.15, -0.1) is 0 Å². The molecule has 0 aromatic heterocycles. The van der Waals surface area contributed by atoms with Crippen LogP contribution in [0.5, 0.6) is 0 Å². The van der Waals surface area contributed by atoms with Crippen molar-refractivity contribution in [1.82, 2.24) is 0 Å². The zero-order chi connectivity index (χ0) is 17.1. The number of nitrogens with one attached hydrogen (secondary N) is 2. The molecule has 3 nitrogen and oxygen atoms in total. The highest BCUT2D eigenvalue weighted by atomic mass is 35.5. The van der Waals surface area contributed by atoms with Crippen LogP contribution in [0.15, 0.2) is 30.3 Å². The maximum absolute atomic E-state index is 12.5. The van der Waals surface area contributed by atoms with Gasteiger partial charge in [-0.2, -0.15) is 0 Å². The topological polar surface area (TPSA) is 41.1 Å². The van der Waals surface area contributed by atoms with Crippen molar-refractivity contribution in [2.24, 2.45) is 0 Å². The molecular weight excluding hydrogens is 308 g/mol. The van der Waals surface area contributed by atoms with Crippen LogP contribution in [0, 0.1) is 27.7 Å². The first-order valence-corrected chi connectivity index (χ1v) is 8.07. The minimum atomic E-state index is -0.368. The quantitative estimate of drug-likeness (QED) is 0.827. The molecule has 0 aliphatic carbocycles. The molecule has 0 bridgehead atoms. The van der Waals surface area contributed by atoms with E-state index in [9.17, 15) is 4.79 Å². The van der Waals surface area contributed by atoms with Crippen LogP contribution in [-0.2, 0) is 4.79 Å². The predicted octanol–water partition coefficient (Wildman–Crippen LogP) is 5.01. The molecule has 1 atom stereocenters. The summed E-state index contributed by atoms with van der Waals surface area (Å²) >= 11 is 6.12. The van der Waals surface area contributed by atoms with Crippen molar-refractivity contribution >= 4 is 28.9 Å². The van der Waals surface area contributed by atoms with Gasteiger partial charge in [-0.05, 0) is 63.4 Å². The van der Waals surface area contributed by atoms with Crippen LogP contribution >= 0.6 is 11.6 Å². The van der Waals surface area contributed by atoms with Crippen LogP contribution in [0.25, 0.3) is 0 Å². The van der Waals surface area contributed by atoms with Crippen molar-refractivity contribution in [2.75, 3.05) is 10.6 Å². The number of hydrogen-bond donors (Lipinski definition) is 2. The fraction of sp³-hybridized carbons (Fsp3) is 0.316. The standard InChI is InChI=1S/C19H23ClN2O/c1-11-9-12(2)18(13(3)10-11)22-19(23)15(5)21-17-8-6-7-16(20)14(17)4/h6-10,15,21H,1-5H3,(H,22,23)/t15-/m0/s1. The van der Waals surface area contributed by atoms with Crippen molar-refractivity contribution < 1.29 is 4.79 Å². The lowest BCUT2D eigenvalue weighted by Crippen LogP contribution is -2.32. The van der Waals surface area contributed by atoms with Crippen LogP contribution in [0.3, 0.4) is 0 Å². The summed E-state index contributed by atoms with van der Waals surface area (Å²) in [5.41, 5.74) is 6.04. The number of benzene rings is 2. The molecule has 0 heterocycles. The summed E-state index contributed by atoms with van der Waals surface area (Å²) < 4.78 is 0. The van der Waals surface area contributed by atoms with Crippen molar-refractivity contribution in [1.29, 1.82) is 0 Å². The Morgan fingerprint density at radius 1 is 1.09 bits per heavy atom. The first kappa shape index (κ1) is 17.4. The molecule has 2 aromatic rings. The molecule has 0 saturated heterocycles. The summed E-state index contributed by atoms with van der Waals surface area (Å²) in [5.74, 6) is -0.0700. The Labute approximate surface area is 143 Å². The van der Waals surface area contributed by atoms with E-state index in [1.165, 1.54) is 5.56 Å². The van der Waals surface area contributed by atoms with E-state index >= 15 is 0 Å². The Balaban J connectivity index is 2.13. The summed E-state index contributed by atoms with van der Waals surface area (Å²) in [6.45, 7) is 9.85. The highest BCUT2D eigenvalue weighted by Gasteiger charge is 2.16. The molecule has 1 amide bonds. The zero-order valence-corrected chi connectivity index (χ0v) is 15.0. The second kappa shape index (κ2) is 7.05. The van der Waals surface area contributed by atoms with Gasteiger partial charge in [0.25, 0.3) is 0 Å². The molecule has 0 radical (unpaired) electrons. The number of aryl methyl sites for hydroxylation is 3. The second-order valence-electron chi connectivity index (χ2n) is 6.04. The van der Waals surface area contributed by atoms with E-state index in [0.29, 0.717) is 5.02 Å². The van der Waals surface area contributed by atoms with E-state index in [1.807, 2.05) is 45.9 Å². The number of anilines is 2. The third-order valence-corrected chi connectivity index (χ3v) is 4.37. The average molecular weight is 331 g/mol. The average Bonchev–Trinajstić information content (AvgIpc) is 2.47. The number of rotatable bonds is 4. The van der Waals surface area contributed by atoms with Gasteiger partial charge in [-0.1, -0.05) is 35.4 Å². The van der Waals surface area contributed by atoms with E-state index < -0.39 is 0 Å². The molecule has 122 valence electrons. The highest BCUT2D eigenvalue weighted by molar-refractivity contribution is 6.31. The molecular formula is C19H23ClN2O. The Hall–Kier alpha value is -2.00. The predicted molar refractivity (Wildman–Crippen MR) is 98.6 cm³/mol. The summed E-state index contributed by atoms with van der Waals surface area (Å²) in [6.07, 6.45) is 0. The second-order valence-corrected chi connectivity index (χ2v) is 6.45. The fourth-order valence-corrected chi connectivity index (χ4v) is 2.85. The number of carbonyl (C=O) groups excluding carboxylic acids is 1. The SMILES string of the molecule is Cc1cc(C)c(NC(=O)[C@H](C)Nc2cccc(Cl)c2C)c(C)c1. The summed E-state index contributed by atoms with van der Waals surface area (Å²) in [6, 6.07) is 9.41. The third kappa shape index (κ3) is 4.05. The van der Waals surface area contributed by atoms with Gasteiger partial charge in [0, 0.05) is 16.4 Å². The van der Waals surface area contributed by atoms with E-state index in [-0.39, 0.29) is 11.9 Å². The van der Waals surface area contributed by atoms with Crippen LogP contribution in [0.4, 0.5) is 11.4 Å². The summed E-state index contributed by atoms with van der Waals surface area (Å²) in [5, 5.41) is 6.94. The minimum absolute atomic E-state index is 0.0700. The maximum Gasteiger partial charge on any atom is 0.246 e. The summed E-state index contributed by atoms with van der Waals surface area (Å²) in [4.78, 5) is 12.5. The van der Waals surface area contributed by atoms with Crippen LogP contribution in [0.2, 0.25) is 5.02 Å². The van der Waals surface area contributed by atoms with E-state index in [1.54, 1.807) is 0 Å². The molecule has 0 spiro atoms. The number of hydrogen-bond acceptors (Lipinski definition) is 2. The smallest absolute Gasteiger partial charge is 0.246 e. The maximum atomic E-state index is 12.5. The van der Waals surface area contributed by atoms with E-state index in [0.717, 1.165) is 28.1 Å². The molecule has 0 saturated carbocycles. The van der Waals surface area contributed by atoms with E-state index in [4.69, 9.17) is 11.6 Å². The van der Waals surface area contributed by atoms with Crippen molar-refractivity contribution in [3.05, 3.63) is 57.6 Å². The molecule has 2 N–H and O–H groups in total. The molecule has 0 fully saturated rings. The van der Waals surface area contributed by atoms with E-state index in [2.05, 4.69) is 29.7 Å². The van der Waals surface area contributed by atoms with Gasteiger partial charge in [0.05, 0.1) is 0 Å². The van der Waals surface area contributed by atoms with Crippen molar-refractivity contribution in [3.63, 3.8) is 0 Å². The Kier molecular flexibility index (Phi) is 5.32. The number of amides is 1. The van der Waals surface area contributed by atoms with Gasteiger partial charge in [0.1, 0.15) is 6.04 Å². The molecule has 4 heteroatoms. The lowest BCUT2D eigenvalue weighted by molar-refractivity contribution is -0.116. The number of halogens is 1. The molecule has 2 aromatic carbocycles. The van der Waals surface area contributed by atoms with Gasteiger partial charge in [-0.25, -0.2) is 0 Å². The Morgan fingerprint density at radius 2 is 1.70 bits per heavy atom. The highest BCUT2D eigenvalue weighted by Crippen LogP contribution is 2.25. The van der Waals surface area contributed by atoms with Crippen molar-refractivity contribution in [3.8, 4) is 0 Å². The Bertz CT molecular complexity index is 717. The van der Waals surface area contributed by atoms with Gasteiger partial charge in [-0.3, -0.25) is 4.79 Å². The monoisotopic (exact) mass is 330 g/mol. The molecule has 2 rings (SSSR count). The third-order valence-electron chi connectivity index (χ3n) is 3.96. The molecule has 0 unspecified atom stereocenters. The van der Waals surface area contributed by atoms with Gasteiger partial charge in [0.15, 0.2) is 0 Å². The lowest BCUT2D eigenvalue weighted by Gasteiger charge is -2.19. The zero-order valence-electron chi connectivity index (χ0n) is 14.3. The van der Waals surface area contributed by atoms with Crippen LogP contribution in [0.1, 0.15) is 29.2 Å². The van der Waals surface area contributed by atoms with Crippen LogP contribution in [-0.4, -0.2) is 11.9 Å². The summed E-state index contributed by atoms with van der Waals surface area (Å²) in [7, 11) is 0. The fourth-order valence-electron chi connectivity index (χ4n) is 2.67. The van der Waals surface area contributed by atoms with Crippen molar-refractivity contribution in [2.45, 2.75) is 40.7 Å². The molecule has 0 aliphatic heterocycles. The largest absolute Gasteiger partial charge is 0.374 e. The normalized spacial score (nSPS) is 11.9. The lowest BCUT2D eigenvalue weighted by atomic mass is 10.0. The number of carbonyl (C=O) groups is 1. The van der Waals surface area contributed by atoms with Gasteiger partial charge < -0.3 is 10.6 Å². The van der Waals surface area contributed by atoms with Gasteiger partial charge in [0.2, 0.25) is 5.91 Å². The minimum Gasteiger partial charge on any atom is -0.374 e. The molecule has 23 heavy (non-hydrogen) atoms. The van der Waals surface area contributed by atoms with Crippen LogP contribution < -0.4 is 10.6 Å². The molecule has 0 aliphatic rings. The first-order chi connectivity index (χ1) is 10.8. The van der Waals surface area contributed by atoms with Gasteiger partial charge >= 0.3 is 0 Å². The Morgan fingerprint density at radius 3 is 2.30 bits per heavy atom. The first-order valence-electron chi connectivity index (χ1n) is 7.70.